The van der Waals surface area contributed by atoms with E-state index in [0.29, 0.717) is 6.61 Å². The third kappa shape index (κ3) is 27.6. The number of rotatable bonds is 9. The molecule has 0 aliphatic carbocycles. The summed E-state index contributed by atoms with van der Waals surface area (Å²) >= 11 is 0. The van der Waals surface area contributed by atoms with Crippen molar-refractivity contribution >= 4 is 11.9 Å². The summed E-state index contributed by atoms with van der Waals surface area (Å²) in [6.07, 6.45) is -3.02. The van der Waals surface area contributed by atoms with Crippen LogP contribution in [0, 0.1) is 31.0 Å². The van der Waals surface area contributed by atoms with Crippen molar-refractivity contribution in [1.82, 2.24) is 0 Å². The van der Waals surface area contributed by atoms with Gasteiger partial charge in [0.15, 0.2) is 0 Å². The highest BCUT2D eigenvalue weighted by atomic mass is 16.5. The molecule has 0 spiro atoms. The van der Waals surface area contributed by atoms with Crippen molar-refractivity contribution in [3.63, 3.8) is 0 Å². The molecule has 0 aromatic heterocycles. The van der Waals surface area contributed by atoms with Crippen molar-refractivity contribution in [1.29, 1.82) is 5.26 Å². The van der Waals surface area contributed by atoms with Gasteiger partial charge in [-0.25, -0.2) is 19.7 Å². The number of carbonyl (C=O) groups is 2. The minimum absolute atomic E-state index is 0.0353. The zero-order chi connectivity index (χ0) is 22.4. The second-order valence-electron chi connectivity index (χ2n) is 4.95. The van der Waals surface area contributed by atoms with Gasteiger partial charge in [-0.05, 0) is 6.92 Å². The number of carboxylic acids is 1. The van der Waals surface area contributed by atoms with Crippen LogP contribution in [-0.4, -0.2) is 76.9 Å². The van der Waals surface area contributed by atoms with E-state index in [0.717, 1.165) is 0 Å². The van der Waals surface area contributed by atoms with Crippen LogP contribution >= 0.6 is 0 Å². The van der Waals surface area contributed by atoms with Gasteiger partial charge in [-0.1, -0.05) is 0 Å². The van der Waals surface area contributed by atoms with Crippen LogP contribution in [0.5, 0.6) is 0 Å². The Hall–Kier alpha value is -3.22. The molecule has 0 amide bonds. The van der Waals surface area contributed by atoms with Crippen LogP contribution in [0.4, 0.5) is 0 Å². The molecule has 4 N–H and O–H groups in total. The van der Waals surface area contributed by atoms with Crippen molar-refractivity contribution in [2.75, 3.05) is 26.2 Å². The molecule has 0 heterocycles. The van der Waals surface area contributed by atoms with Crippen molar-refractivity contribution in [3.05, 3.63) is 34.3 Å². The number of nitrogens with zero attached hydrogens (tertiary/aromatic N) is 4. The first-order valence-corrected chi connectivity index (χ1v) is 7.96. The molecule has 0 rings (SSSR count). The van der Waals surface area contributed by atoms with E-state index < -0.39 is 30.3 Å². The normalized spacial score (nSPS) is 11.7. The van der Waals surface area contributed by atoms with Gasteiger partial charge in [-0.15, -0.1) is 0 Å². The summed E-state index contributed by atoms with van der Waals surface area (Å²) in [5.74, 6) is -1.53. The SMILES string of the molecule is [C-]#[N+]CC(O)CC#N.[C-]#[N+]C[C@@H](O)CC(=O)O.[C-]#[N+]C[C@@H](O)CC(=O)OCC. The van der Waals surface area contributed by atoms with Crippen LogP contribution in [0.2, 0.25) is 0 Å². The third-order valence-corrected chi connectivity index (χ3v) is 2.35. The van der Waals surface area contributed by atoms with Crippen molar-refractivity contribution < 1.29 is 34.8 Å². The van der Waals surface area contributed by atoms with Crippen LogP contribution in [0.25, 0.3) is 14.5 Å². The standard InChI is InChI=1S/C7H11NO3.C5H6N2O.C5H7NO3/c1-3-11-7(10)4-6(9)5-8-2;1-7-4-5(8)2-3-6;1-6-3-4(7)2-5(8)9/h6,9H,3-5H2,1H3;5,8H,2,4H2;4,7H,2-3H2,(H,8,9)/t6-;;4-/m0.0/s1. The molecule has 11 nitrogen and oxygen atoms in total. The summed E-state index contributed by atoms with van der Waals surface area (Å²) < 4.78 is 4.56. The Morgan fingerprint density at radius 1 is 0.964 bits per heavy atom. The number of nitriles is 1. The number of ether oxygens (including phenoxy) is 1. The average molecular weight is 396 g/mol. The zero-order valence-electron chi connectivity index (χ0n) is 15.5. The van der Waals surface area contributed by atoms with Crippen LogP contribution < -0.4 is 0 Å². The van der Waals surface area contributed by atoms with E-state index in [4.69, 9.17) is 45.4 Å². The molecule has 11 heteroatoms. The molecule has 0 bridgehead atoms. The van der Waals surface area contributed by atoms with Gasteiger partial charge >= 0.3 is 11.9 Å². The molecule has 3 atom stereocenters. The lowest BCUT2D eigenvalue weighted by Gasteiger charge is -2.02. The van der Waals surface area contributed by atoms with Gasteiger partial charge in [-0.2, -0.15) is 5.26 Å². The van der Waals surface area contributed by atoms with Crippen LogP contribution in [0.1, 0.15) is 26.2 Å². The molecule has 28 heavy (non-hydrogen) atoms. The number of aliphatic hydroxyl groups excluding tert-OH is 3. The topological polar surface area (TPSA) is 161 Å². The van der Waals surface area contributed by atoms with E-state index in [1.165, 1.54) is 0 Å². The number of carboxylic acid groups (broad SMARTS) is 1. The molecule has 1 unspecified atom stereocenters. The van der Waals surface area contributed by atoms with Crippen molar-refractivity contribution in [2.24, 2.45) is 0 Å². The third-order valence-electron chi connectivity index (χ3n) is 2.35. The summed E-state index contributed by atoms with van der Waals surface area (Å²) in [7, 11) is 0. The molecule has 0 saturated heterocycles. The van der Waals surface area contributed by atoms with E-state index in [1.54, 1.807) is 13.0 Å². The molecule has 0 fully saturated rings. The van der Waals surface area contributed by atoms with E-state index in [-0.39, 0.29) is 38.9 Å². The molecule has 0 saturated carbocycles. The molecule has 0 aromatic rings. The second kappa shape index (κ2) is 21.8. The lowest BCUT2D eigenvalue weighted by molar-refractivity contribution is -0.145. The first-order chi connectivity index (χ1) is 13.2. The minimum atomic E-state index is -1.08. The largest absolute Gasteiger partial charge is 0.481 e. The monoisotopic (exact) mass is 396 g/mol. The van der Waals surface area contributed by atoms with E-state index in [2.05, 4.69) is 19.3 Å². The van der Waals surface area contributed by atoms with Gasteiger partial charge in [0.2, 0.25) is 19.6 Å². The smallest absolute Gasteiger partial charge is 0.308 e. The predicted octanol–water partition coefficient (Wildman–Crippen LogP) is 0.141. The number of esters is 1. The van der Waals surface area contributed by atoms with E-state index in [1.807, 2.05) is 0 Å². The lowest BCUT2D eigenvalue weighted by Crippen LogP contribution is -2.17. The minimum Gasteiger partial charge on any atom is -0.481 e. The molecule has 0 aliphatic rings. The Bertz CT molecular complexity index is 583. The fourth-order valence-corrected chi connectivity index (χ4v) is 1.23. The number of aliphatic carboxylic acids is 1. The number of aliphatic hydroxyl groups is 3. The van der Waals surface area contributed by atoms with Gasteiger partial charge in [0.25, 0.3) is 0 Å². The average Bonchev–Trinajstić information content (AvgIpc) is 2.56. The Balaban J connectivity index is -0.000000340. The first-order valence-electron chi connectivity index (χ1n) is 7.96. The quantitative estimate of drug-likeness (QED) is 0.316. The Kier molecular flexibility index (Phi) is 23.0. The van der Waals surface area contributed by atoms with Crippen molar-refractivity contribution in [3.8, 4) is 6.07 Å². The fourth-order valence-electron chi connectivity index (χ4n) is 1.23. The van der Waals surface area contributed by atoms with Gasteiger partial charge in [-0.3, -0.25) is 9.59 Å². The van der Waals surface area contributed by atoms with Crippen molar-refractivity contribution in [2.45, 2.75) is 44.5 Å². The molecule has 154 valence electrons. The summed E-state index contributed by atoms with van der Waals surface area (Å²) in [6.45, 7) is 20.8. The second-order valence-corrected chi connectivity index (χ2v) is 4.95. The predicted molar refractivity (Wildman–Crippen MR) is 96.2 cm³/mol. The van der Waals surface area contributed by atoms with E-state index >= 15 is 0 Å². The fraction of sp³-hybridized carbons (Fsp3) is 0.647. The van der Waals surface area contributed by atoms with Crippen LogP contribution in [-0.2, 0) is 14.3 Å². The lowest BCUT2D eigenvalue weighted by atomic mass is 10.2. The van der Waals surface area contributed by atoms with Crippen LogP contribution in [0.3, 0.4) is 0 Å². The van der Waals surface area contributed by atoms with Gasteiger partial charge < -0.3 is 39.7 Å². The highest BCUT2D eigenvalue weighted by molar-refractivity contribution is 5.69. The molecular weight excluding hydrogens is 372 g/mol. The summed E-state index contributed by atoms with van der Waals surface area (Å²) in [5.41, 5.74) is 0. The number of hydrogen-bond acceptors (Lipinski definition) is 7. The highest BCUT2D eigenvalue weighted by Gasteiger charge is 2.13. The number of carbonyl (C=O) groups excluding carboxylic acids is 1. The van der Waals surface area contributed by atoms with Gasteiger partial charge in [0, 0.05) is 0 Å². The first kappa shape index (κ1) is 29.5. The van der Waals surface area contributed by atoms with Gasteiger partial charge in [0.05, 0.1) is 31.9 Å². The van der Waals surface area contributed by atoms with Gasteiger partial charge in [0.1, 0.15) is 18.3 Å². The zero-order valence-corrected chi connectivity index (χ0v) is 15.5. The Morgan fingerprint density at radius 2 is 1.39 bits per heavy atom. The maximum absolute atomic E-state index is 10.6. The molecule has 0 radical (unpaired) electrons. The molecule has 0 aromatic carbocycles. The summed E-state index contributed by atoms with van der Waals surface area (Å²) in [5, 5.41) is 42.2. The maximum Gasteiger partial charge on any atom is 0.308 e. The summed E-state index contributed by atoms with van der Waals surface area (Å²) in [6, 6.07) is 1.76. The van der Waals surface area contributed by atoms with E-state index in [9.17, 15) is 9.59 Å². The van der Waals surface area contributed by atoms with Crippen LogP contribution in [0.15, 0.2) is 0 Å². The Morgan fingerprint density at radius 3 is 1.75 bits per heavy atom. The highest BCUT2D eigenvalue weighted by Crippen LogP contribution is 1.95. The molecule has 0 aliphatic heterocycles. The molecular formula is C17H24N4O7. The Labute approximate surface area is 163 Å². The maximum atomic E-state index is 10.6. The summed E-state index contributed by atoms with van der Waals surface area (Å²) in [4.78, 5) is 29.1. The number of hydrogen-bond donors (Lipinski definition) is 4.